The molecule has 0 spiro atoms. The van der Waals surface area contributed by atoms with Gasteiger partial charge in [-0.05, 0) is 19.1 Å². The van der Waals surface area contributed by atoms with Gasteiger partial charge in [-0.25, -0.2) is 4.79 Å². The van der Waals surface area contributed by atoms with E-state index in [1.54, 1.807) is 19.1 Å². The summed E-state index contributed by atoms with van der Waals surface area (Å²) in [5.74, 6) is 0.296. The first-order valence-corrected chi connectivity index (χ1v) is 4.03. The summed E-state index contributed by atoms with van der Waals surface area (Å²) in [5.41, 5.74) is 0. The third-order valence-electron chi connectivity index (χ3n) is 1.59. The summed E-state index contributed by atoms with van der Waals surface area (Å²) in [7, 11) is 1.34. The number of benzene rings is 1. The van der Waals surface area contributed by atoms with Crippen molar-refractivity contribution in [1.29, 1.82) is 0 Å². The van der Waals surface area contributed by atoms with Gasteiger partial charge < -0.3 is 10.9 Å². The first kappa shape index (κ1) is 13.5. The number of carbonyl (C=O) groups is 1. The van der Waals surface area contributed by atoms with Crippen LogP contribution in [0, 0.1) is 0 Å². The first-order chi connectivity index (χ1) is 6.24. The molecule has 4 heteroatoms. The van der Waals surface area contributed by atoms with Gasteiger partial charge in [0.1, 0.15) is 5.75 Å². The van der Waals surface area contributed by atoms with Gasteiger partial charge in [-0.15, -0.1) is 0 Å². The predicted octanol–water partition coefficient (Wildman–Crippen LogP) is -1.26. The molecule has 0 bridgehead atoms. The molecule has 3 nitrogen and oxygen atoms in total. The van der Waals surface area contributed by atoms with Crippen molar-refractivity contribution >= 4 is 5.97 Å². The Labute approximate surface area is 107 Å². The van der Waals surface area contributed by atoms with Crippen molar-refractivity contribution in [3.05, 3.63) is 30.3 Å². The molecule has 0 saturated carbocycles. The van der Waals surface area contributed by atoms with E-state index in [1.165, 1.54) is 7.11 Å². The van der Waals surface area contributed by atoms with E-state index in [-0.39, 0.29) is 37.0 Å². The van der Waals surface area contributed by atoms with Crippen LogP contribution in [0.2, 0.25) is 0 Å². The summed E-state index contributed by atoms with van der Waals surface area (Å²) in [4.78, 5) is 11.0. The van der Waals surface area contributed by atoms with E-state index in [9.17, 15) is 4.79 Å². The molecule has 0 aromatic heterocycles. The number of rotatable bonds is 3. The molecule has 0 amide bonds. The van der Waals surface area contributed by atoms with Crippen LogP contribution >= 0.6 is 0 Å². The molecule has 0 aliphatic heterocycles. The van der Waals surface area contributed by atoms with Gasteiger partial charge in [0, 0.05) is 0 Å². The Kier molecular flexibility index (Phi) is 6.62. The molecule has 0 saturated heterocycles. The van der Waals surface area contributed by atoms with Crippen LogP contribution in [-0.2, 0) is 9.53 Å². The Morgan fingerprint density at radius 2 is 1.93 bits per heavy atom. The number of para-hydroxylation sites is 1. The quantitative estimate of drug-likeness (QED) is 0.455. The van der Waals surface area contributed by atoms with E-state index in [0.717, 1.165) is 0 Å². The molecule has 14 heavy (non-hydrogen) atoms. The van der Waals surface area contributed by atoms with Crippen LogP contribution in [0.1, 0.15) is 8.35 Å². The normalized spacial score (nSPS) is 11.0. The van der Waals surface area contributed by atoms with Crippen molar-refractivity contribution in [2.24, 2.45) is 0 Å². The Bertz CT molecular complexity index is 279. The summed E-state index contributed by atoms with van der Waals surface area (Å²) in [6, 6.07) is 9.16. The van der Waals surface area contributed by atoms with E-state index in [1.807, 2.05) is 18.2 Å². The van der Waals surface area contributed by atoms with Crippen molar-refractivity contribution in [3.8, 4) is 5.75 Å². The van der Waals surface area contributed by atoms with Crippen LogP contribution in [0.15, 0.2) is 30.3 Å². The van der Waals surface area contributed by atoms with Gasteiger partial charge in [0.2, 0.25) is 0 Å². The Morgan fingerprint density at radius 3 is 2.43 bits per heavy atom. The second-order valence-corrected chi connectivity index (χ2v) is 2.60. The van der Waals surface area contributed by atoms with Crippen LogP contribution in [0.5, 0.6) is 5.75 Å². The number of carbonyl (C=O) groups excluding carboxylic acids is 1. The summed E-state index contributed by atoms with van der Waals surface area (Å²) < 4.78 is 9.81. The third kappa shape index (κ3) is 4.13. The molecule has 1 rings (SSSR count). The largest absolute Gasteiger partial charge is 1.00 e. The Balaban J connectivity index is 0. The predicted molar refractivity (Wildman–Crippen MR) is 49.7 cm³/mol. The van der Waals surface area contributed by atoms with Gasteiger partial charge in [0.15, 0.2) is 6.10 Å². The minimum absolute atomic E-state index is 0. The van der Waals surface area contributed by atoms with Gasteiger partial charge in [-0.3, -0.25) is 0 Å². The first-order valence-electron chi connectivity index (χ1n) is 4.03. The third-order valence-corrected chi connectivity index (χ3v) is 1.59. The number of hydrogen-bond donors (Lipinski definition) is 0. The minimum Gasteiger partial charge on any atom is -1.00 e. The number of ether oxygens (including phenoxy) is 2. The van der Waals surface area contributed by atoms with Crippen LogP contribution in [0.25, 0.3) is 0 Å². The fraction of sp³-hybridized carbons (Fsp3) is 0.300. The van der Waals surface area contributed by atoms with Crippen molar-refractivity contribution in [2.45, 2.75) is 13.0 Å². The number of methoxy groups -OCH3 is 1. The summed E-state index contributed by atoms with van der Waals surface area (Å²) in [6.07, 6.45) is -0.563. The van der Waals surface area contributed by atoms with Crippen molar-refractivity contribution in [1.82, 2.24) is 0 Å². The summed E-state index contributed by atoms with van der Waals surface area (Å²) in [6.45, 7) is 1.65. The molecule has 1 atom stereocenters. The van der Waals surface area contributed by atoms with Crippen LogP contribution in [0.3, 0.4) is 0 Å². The molecule has 0 aliphatic rings. The second kappa shape index (κ2) is 6.87. The van der Waals surface area contributed by atoms with Crippen molar-refractivity contribution < 1.29 is 45.3 Å². The van der Waals surface area contributed by atoms with Gasteiger partial charge in [0.05, 0.1) is 7.11 Å². The second-order valence-electron chi connectivity index (χ2n) is 2.60. The van der Waals surface area contributed by atoms with Crippen molar-refractivity contribution in [3.63, 3.8) is 0 Å². The monoisotopic (exact) mass is 204 g/mol. The SMILES string of the molecule is COC(=O)C(C)Oc1ccccc1.[H-].[Na+]. The standard InChI is InChI=1S/C10H12O3.Na.H/c1-8(10(11)12-2)13-9-6-4-3-5-7-9;;/h3-8H,1-2H3;;/q;+1;-1. The van der Waals surface area contributed by atoms with Crippen molar-refractivity contribution in [2.75, 3.05) is 7.11 Å². The maximum absolute atomic E-state index is 11.0. The summed E-state index contributed by atoms with van der Waals surface area (Å²) >= 11 is 0. The van der Waals surface area contributed by atoms with Crippen LogP contribution < -0.4 is 34.3 Å². The Hall–Kier alpha value is -0.510. The smallest absolute Gasteiger partial charge is 1.00 e. The number of hydrogen-bond acceptors (Lipinski definition) is 3. The van der Waals surface area contributed by atoms with Gasteiger partial charge in [-0.1, -0.05) is 18.2 Å². The maximum atomic E-state index is 11.0. The zero-order valence-electron chi connectivity index (χ0n) is 9.69. The van der Waals surface area contributed by atoms with Crippen LogP contribution in [-0.4, -0.2) is 19.2 Å². The van der Waals surface area contributed by atoms with Gasteiger partial charge in [-0.2, -0.15) is 0 Å². The van der Waals surface area contributed by atoms with E-state index in [4.69, 9.17) is 4.74 Å². The van der Waals surface area contributed by atoms with E-state index in [2.05, 4.69) is 4.74 Å². The van der Waals surface area contributed by atoms with E-state index in [0.29, 0.717) is 5.75 Å². The molecule has 0 N–H and O–H groups in total. The fourth-order valence-electron chi connectivity index (χ4n) is 0.917. The zero-order valence-corrected chi connectivity index (χ0v) is 10.7. The molecular weight excluding hydrogens is 191 g/mol. The molecular formula is C10H13NaO3. The van der Waals surface area contributed by atoms with E-state index < -0.39 is 6.10 Å². The van der Waals surface area contributed by atoms with Gasteiger partial charge >= 0.3 is 35.5 Å². The average molecular weight is 204 g/mol. The molecule has 1 unspecified atom stereocenters. The fourth-order valence-corrected chi connectivity index (χ4v) is 0.917. The molecule has 1 aromatic carbocycles. The summed E-state index contributed by atoms with van der Waals surface area (Å²) in [5, 5.41) is 0. The molecule has 0 aliphatic carbocycles. The topological polar surface area (TPSA) is 35.5 Å². The molecule has 72 valence electrons. The maximum Gasteiger partial charge on any atom is 1.00 e. The molecule has 1 aromatic rings. The molecule has 0 radical (unpaired) electrons. The Morgan fingerprint density at radius 1 is 1.36 bits per heavy atom. The molecule has 0 heterocycles. The minimum atomic E-state index is -0.563. The van der Waals surface area contributed by atoms with E-state index >= 15 is 0 Å². The molecule has 0 fully saturated rings. The van der Waals surface area contributed by atoms with Crippen LogP contribution in [0.4, 0.5) is 0 Å². The average Bonchev–Trinajstić information content (AvgIpc) is 2.18. The van der Waals surface area contributed by atoms with Gasteiger partial charge in [0.25, 0.3) is 0 Å². The zero-order chi connectivity index (χ0) is 9.68. The number of esters is 1.